The van der Waals surface area contributed by atoms with Gasteiger partial charge in [0.05, 0.1) is 5.52 Å². The van der Waals surface area contributed by atoms with Gasteiger partial charge in [-0.3, -0.25) is 4.90 Å². The summed E-state index contributed by atoms with van der Waals surface area (Å²) in [6, 6.07) is 15.3. The first-order valence-electron chi connectivity index (χ1n) is 7.68. The Morgan fingerprint density at radius 2 is 1.78 bits per heavy atom. The summed E-state index contributed by atoms with van der Waals surface area (Å²) in [6.07, 6.45) is 0. The lowest BCUT2D eigenvalue weighted by molar-refractivity contribution is 0.215. The monoisotopic (exact) mass is 326 g/mol. The van der Waals surface area contributed by atoms with E-state index >= 15 is 0 Å². The average molecular weight is 327 g/mol. The molecule has 2 heterocycles. The number of hydrogen-bond acceptors (Lipinski definition) is 2. The summed E-state index contributed by atoms with van der Waals surface area (Å²) >= 11 is 6.38. The minimum atomic E-state index is -0.295. The maximum Gasteiger partial charge on any atom is 0.134 e. The Morgan fingerprint density at radius 1 is 1.09 bits per heavy atom. The third kappa shape index (κ3) is 2.60. The zero-order valence-electron chi connectivity index (χ0n) is 12.8. The van der Waals surface area contributed by atoms with Crippen LogP contribution in [0.4, 0.5) is 4.39 Å². The fourth-order valence-electron chi connectivity index (χ4n) is 3.26. The molecule has 0 saturated carbocycles. The molecule has 0 saturated heterocycles. The Kier molecular flexibility index (Phi) is 3.55. The standard InChI is InChI=1S/C19H16ClFN2/c1-12(23-10-14-4-2-3-5-15(14)11-23)17-8-13-6-7-16(21)9-18(13)22-19(17)20/h2-9,12H,10-11H2,1H3/t12-/m0/s1. The van der Waals surface area contributed by atoms with Crippen molar-refractivity contribution >= 4 is 22.5 Å². The Labute approximate surface area is 139 Å². The molecule has 23 heavy (non-hydrogen) atoms. The molecule has 0 unspecified atom stereocenters. The molecule has 0 aliphatic carbocycles. The molecule has 4 heteroatoms. The Balaban J connectivity index is 1.69. The van der Waals surface area contributed by atoms with E-state index in [0.717, 1.165) is 24.0 Å². The van der Waals surface area contributed by atoms with Crippen molar-refractivity contribution in [2.45, 2.75) is 26.1 Å². The van der Waals surface area contributed by atoms with Crippen molar-refractivity contribution in [3.8, 4) is 0 Å². The molecule has 0 fully saturated rings. The van der Waals surface area contributed by atoms with Crippen LogP contribution in [0.2, 0.25) is 5.15 Å². The van der Waals surface area contributed by atoms with Gasteiger partial charge >= 0.3 is 0 Å². The van der Waals surface area contributed by atoms with E-state index in [0.29, 0.717) is 10.7 Å². The summed E-state index contributed by atoms with van der Waals surface area (Å²) < 4.78 is 13.3. The van der Waals surface area contributed by atoms with Gasteiger partial charge in [0, 0.05) is 36.1 Å². The predicted molar refractivity (Wildman–Crippen MR) is 90.8 cm³/mol. The molecule has 116 valence electrons. The van der Waals surface area contributed by atoms with Crippen LogP contribution in [-0.4, -0.2) is 9.88 Å². The zero-order valence-corrected chi connectivity index (χ0v) is 13.5. The van der Waals surface area contributed by atoms with Gasteiger partial charge in [-0.2, -0.15) is 0 Å². The Morgan fingerprint density at radius 3 is 2.48 bits per heavy atom. The van der Waals surface area contributed by atoms with Gasteiger partial charge in [0.2, 0.25) is 0 Å². The van der Waals surface area contributed by atoms with Gasteiger partial charge in [0.1, 0.15) is 11.0 Å². The van der Waals surface area contributed by atoms with Crippen molar-refractivity contribution in [1.29, 1.82) is 0 Å². The van der Waals surface area contributed by atoms with Crippen molar-refractivity contribution in [3.63, 3.8) is 0 Å². The van der Waals surface area contributed by atoms with E-state index in [-0.39, 0.29) is 11.9 Å². The van der Waals surface area contributed by atoms with E-state index in [9.17, 15) is 4.39 Å². The molecule has 2 aromatic carbocycles. The average Bonchev–Trinajstić information content (AvgIpc) is 2.97. The summed E-state index contributed by atoms with van der Waals surface area (Å²) in [6.45, 7) is 3.97. The fraction of sp³-hybridized carbons (Fsp3) is 0.211. The van der Waals surface area contributed by atoms with E-state index < -0.39 is 0 Å². The summed E-state index contributed by atoms with van der Waals surface area (Å²) in [4.78, 5) is 6.75. The molecular weight excluding hydrogens is 311 g/mol. The van der Waals surface area contributed by atoms with Crippen LogP contribution in [0.1, 0.15) is 29.7 Å². The van der Waals surface area contributed by atoms with Gasteiger partial charge in [0.25, 0.3) is 0 Å². The first kappa shape index (κ1) is 14.6. The Bertz CT molecular complexity index is 869. The normalized spacial score (nSPS) is 15.8. The van der Waals surface area contributed by atoms with Crippen LogP contribution in [0, 0.1) is 5.82 Å². The fourth-order valence-corrected chi connectivity index (χ4v) is 3.56. The van der Waals surface area contributed by atoms with Crippen LogP contribution in [-0.2, 0) is 13.1 Å². The maximum absolute atomic E-state index is 13.3. The van der Waals surface area contributed by atoms with Gasteiger partial charge in [-0.25, -0.2) is 9.37 Å². The van der Waals surface area contributed by atoms with E-state index in [1.54, 1.807) is 6.07 Å². The lowest BCUT2D eigenvalue weighted by Crippen LogP contribution is -2.21. The number of pyridine rings is 1. The number of aromatic nitrogens is 1. The lowest BCUT2D eigenvalue weighted by atomic mass is 10.1. The smallest absolute Gasteiger partial charge is 0.134 e. The molecule has 1 aliphatic heterocycles. The first-order chi connectivity index (χ1) is 11.1. The van der Waals surface area contributed by atoms with Gasteiger partial charge in [-0.05, 0) is 36.2 Å². The number of fused-ring (bicyclic) bond motifs is 2. The van der Waals surface area contributed by atoms with Crippen molar-refractivity contribution in [2.24, 2.45) is 0 Å². The second kappa shape index (κ2) is 5.59. The molecule has 0 amide bonds. The topological polar surface area (TPSA) is 16.1 Å². The van der Waals surface area contributed by atoms with Gasteiger partial charge in [-0.1, -0.05) is 35.9 Å². The van der Waals surface area contributed by atoms with Crippen LogP contribution in [0.25, 0.3) is 10.9 Å². The van der Waals surface area contributed by atoms with Gasteiger partial charge < -0.3 is 0 Å². The third-order valence-corrected chi connectivity index (χ3v) is 4.93. The molecule has 4 rings (SSSR count). The molecule has 0 radical (unpaired) electrons. The number of nitrogens with zero attached hydrogens (tertiary/aromatic N) is 2. The highest BCUT2D eigenvalue weighted by atomic mass is 35.5. The third-order valence-electron chi connectivity index (χ3n) is 4.62. The number of hydrogen-bond donors (Lipinski definition) is 0. The van der Waals surface area contributed by atoms with Crippen molar-refractivity contribution < 1.29 is 4.39 Å². The highest BCUT2D eigenvalue weighted by Gasteiger charge is 2.25. The minimum Gasteiger partial charge on any atom is -0.288 e. The summed E-state index contributed by atoms with van der Waals surface area (Å²) in [7, 11) is 0. The molecule has 0 N–H and O–H groups in total. The van der Waals surface area contributed by atoms with Crippen molar-refractivity contribution in [3.05, 3.63) is 76.2 Å². The van der Waals surface area contributed by atoms with E-state index in [2.05, 4.69) is 41.1 Å². The molecule has 0 spiro atoms. The van der Waals surface area contributed by atoms with Gasteiger partial charge in [0.15, 0.2) is 0 Å². The number of halogens is 2. The van der Waals surface area contributed by atoms with E-state index in [1.807, 2.05) is 6.07 Å². The van der Waals surface area contributed by atoms with Crippen LogP contribution in [0.3, 0.4) is 0 Å². The Hall–Kier alpha value is -1.97. The minimum absolute atomic E-state index is 0.150. The molecule has 0 bridgehead atoms. The number of benzene rings is 2. The lowest BCUT2D eigenvalue weighted by Gasteiger charge is -2.25. The highest BCUT2D eigenvalue weighted by Crippen LogP contribution is 2.34. The largest absolute Gasteiger partial charge is 0.288 e. The van der Waals surface area contributed by atoms with Gasteiger partial charge in [-0.15, -0.1) is 0 Å². The van der Waals surface area contributed by atoms with Crippen LogP contribution in [0.15, 0.2) is 48.5 Å². The second-order valence-electron chi connectivity index (χ2n) is 6.06. The van der Waals surface area contributed by atoms with E-state index in [4.69, 9.17) is 11.6 Å². The summed E-state index contributed by atoms with van der Waals surface area (Å²) in [5.41, 5.74) is 4.31. The SMILES string of the molecule is C[C@@H](c1cc2ccc(F)cc2nc1Cl)N1Cc2ccccc2C1. The predicted octanol–water partition coefficient (Wildman–Crippen LogP) is 5.10. The molecule has 1 aliphatic rings. The summed E-state index contributed by atoms with van der Waals surface area (Å²) in [5, 5.41) is 1.36. The van der Waals surface area contributed by atoms with Crippen LogP contribution >= 0.6 is 11.6 Å². The number of rotatable bonds is 2. The van der Waals surface area contributed by atoms with Crippen molar-refractivity contribution in [1.82, 2.24) is 9.88 Å². The summed E-state index contributed by atoms with van der Waals surface area (Å²) in [5.74, 6) is -0.295. The molecule has 1 aromatic heterocycles. The molecule has 2 nitrogen and oxygen atoms in total. The van der Waals surface area contributed by atoms with E-state index in [1.165, 1.54) is 23.3 Å². The zero-order chi connectivity index (χ0) is 16.0. The first-order valence-corrected chi connectivity index (χ1v) is 8.06. The second-order valence-corrected chi connectivity index (χ2v) is 6.41. The van der Waals surface area contributed by atoms with Crippen LogP contribution in [0.5, 0.6) is 0 Å². The highest BCUT2D eigenvalue weighted by molar-refractivity contribution is 6.30. The van der Waals surface area contributed by atoms with Crippen LogP contribution < -0.4 is 0 Å². The maximum atomic E-state index is 13.3. The quantitative estimate of drug-likeness (QED) is 0.609. The van der Waals surface area contributed by atoms with Crippen molar-refractivity contribution in [2.75, 3.05) is 0 Å². The molecular formula is C19H16ClFN2. The molecule has 1 atom stereocenters. The molecule has 3 aromatic rings.